The van der Waals surface area contributed by atoms with E-state index in [0.29, 0.717) is 16.1 Å². The van der Waals surface area contributed by atoms with E-state index in [1.54, 1.807) is 24.4 Å². The first-order valence-corrected chi connectivity index (χ1v) is 7.11. The second-order valence-corrected chi connectivity index (χ2v) is 5.31. The minimum absolute atomic E-state index is 0.0559. The van der Waals surface area contributed by atoms with Crippen LogP contribution in [0.15, 0.2) is 35.7 Å². The summed E-state index contributed by atoms with van der Waals surface area (Å²) < 4.78 is 4.87. The van der Waals surface area contributed by atoms with Crippen LogP contribution in [0.4, 0.5) is 11.4 Å². The Bertz CT molecular complexity index is 712. The number of hydrogen-bond acceptors (Lipinski definition) is 6. The lowest BCUT2D eigenvalue weighted by atomic mass is 10.2. The highest BCUT2D eigenvalue weighted by Crippen LogP contribution is 2.21. The van der Waals surface area contributed by atoms with Crippen molar-refractivity contribution in [3.63, 3.8) is 0 Å². The van der Waals surface area contributed by atoms with Crippen LogP contribution in [0.3, 0.4) is 0 Å². The summed E-state index contributed by atoms with van der Waals surface area (Å²) in [5, 5.41) is 14.9. The minimum Gasteiger partial charge on any atom is -0.451 e. The molecule has 0 aliphatic carbocycles. The van der Waals surface area contributed by atoms with Crippen molar-refractivity contribution in [3.05, 3.63) is 56.3 Å². The average molecular weight is 320 g/mol. The van der Waals surface area contributed by atoms with Crippen molar-refractivity contribution >= 4 is 34.6 Å². The highest BCUT2D eigenvalue weighted by Gasteiger charge is 2.13. The maximum Gasteiger partial charge on any atom is 0.348 e. The highest BCUT2D eigenvalue weighted by atomic mass is 32.1. The first-order chi connectivity index (χ1) is 10.5. The summed E-state index contributed by atoms with van der Waals surface area (Å²) in [6, 6.07) is 7.40. The van der Waals surface area contributed by atoms with Gasteiger partial charge in [0.15, 0.2) is 6.61 Å². The van der Waals surface area contributed by atoms with E-state index in [0.717, 1.165) is 0 Å². The molecule has 0 aliphatic rings. The van der Waals surface area contributed by atoms with E-state index in [1.807, 2.05) is 0 Å². The van der Waals surface area contributed by atoms with Gasteiger partial charge in [0.2, 0.25) is 0 Å². The highest BCUT2D eigenvalue weighted by molar-refractivity contribution is 7.11. The Labute approximate surface area is 129 Å². The third kappa shape index (κ3) is 3.89. The Morgan fingerprint density at radius 3 is 2.73 bits per heavy atom. The van der Waals surface area contributed by atoms with Crippen LogP contribution in [0.25, 0.3) is 0 Å². The number of rotatable bonds is 5. The van der Waals surface area contributed by atoms with Gasteiger partial charge >= 0.3 is 5.97 Å². The maximum absolute atomic E-state index is 11.7. The van der Waals surface area contributed by atoms with Gasteiger partial charge in [-0.15, -0.1) is 11.3 Å². The fourth-order valence-electron chi connectivity index (χ4n) is 1.68. The Hall–Kier alpha value is -2.74. The molecule has 22 heavy (non-hydrogen) atoms. The zero-order chi connectivity index (χ0) is 16.1. The number of nitrogens with zero attached hydrogens (tertiary/aromatic N) is 1. The average Bonchev–Trinajstić information content (AvgIpc) is 3.01. The zero-order valence-corrected chi connectivity index (χ0v) is 12.4. The second kappa shape index (κ2) is 6.81. The molecule has 114 valence electrons. The Kier molecular flexibility index (Phi) is 4.84. The molecule has 2 rings (SSSR count). The molecule has 7 nitrogen and oxygen atoms in total. The second-order valence-electron chi connectivity index (χ2n) is 4.36. The van der Waals surface area contributed by atoms with Gasteiger partial charge in [0, 0.05) is 17.8 Å². The predicted molar refractivity (Wildman–Crippen MR) is 81.1 cm³/mol. The van der Waals surface area contributed by atoms with Crippen LogP contribution in [-0.4, -0.2) is 23.4 Å². The predicted octanol–water partition coefficient (Wildman–Crippen LogP) is 2.76. The Balaban J connectivity index is 1.92. The fraction of sp³-hybridized carbons (Fsp3) is 0.143. The molecule has 0 bridgehead atoms. The molecular weight excluding hydrogens is 308 g/mol. The number of hydrogen-bond donors (Lipinski definition) is 1. The Morgan fingerprint density at radius 1 is 1.36 bits per heavy atom. The number of ether oxygens (including phenoxy) is 1. The van der Waals surface area contributed by atoms with E-state index < -0.39 is 23.4 Å². The van der Waals surface area contributed by atoms with Gasteiger partial charge in [-0.2, -0.15) is 0 Å². The monoisotopic (exact) mass is 320 g/mol. The lowest BCUT2D eigenvalue weighted by Crippen LogP contribution is -2.21. The van der Waals surface area contributed by atoms with Crippen molar-refractivity contribution in [1.29, 1.82) is 0 Å². The van der Waals surface area contributed by atoms with Crippen LogP contribution >= 0.6 is 11.3 Å². The minimum atomic E-state index is -0.564. The van der Waals surface area contributed by atoms with Crippen LogP contribution in [0.1, 0.15) is 15.2 Å². The number of nitro benzene ring substituents is 1. The lowest BCUT2D eigenvalue weighted by Gasteiger charge is -2.08. The van der Waals surface area contributed by atoms with Gasteiger partial charge in [-0.3, -0.25) is 14.9 Å². The number of aryl methyl sites for hydroxylation is 1. The summed E-state index contributed by atoms with van der Waals surface area (Å²) in [6.07, 6.45) is 0. The SMILES string of the molecule is Cc1cc([N+](=O)[O-])ccc1NC(=O)COC(=O)c1cccs1. The van der Waals surface area contributed by atoms with E-state index >= 15 is 0 Å². The lowest BCUT2D eigenvalue weighted by molar-refractivity contribution is -0.384. The molecule has 1 N–H and O–H groups in total. The summed E-state index contributed by atoms with van der Waals surface area (Å²) in [6.45, 7) is 1.22. The molecule has 1 aromatic carbocycles. The summed E-state index contributed by atoms with van der Waals surface area (Å²) in [5.41, 5.74) is 0.925. The van der Waals surface area contributed by atoms with Crippen LogP contribution in [0.5, 0.6) is 0 Å². The van der Waals surface area contributed by atoms with Gasteiger partial charge in [0.05, 0.1) is 4.92 Å². The Morgan fingerprint density at radius 2 is 2.14 bits per heavy atom. The number of carbonyl (C=O) groups excluding carboxylic acids is 2. The van der Waals surface area contributed by atoms with Gasteiger partial charge in [0.25, 0.3) is 11.6 Å². The van der Waals surface area contributed by atoms with Crippen molar-refractivity contribution in [2.24, 2.45) is 0 Å². The number of amides is 1. The molecule has 1 heterocycles. The molecule has 8 heteroatoms. The number of anilines is 1. The number of nitrogens with one attached hydrogen (secondary N) is 1. The van der Waals surface area contributed by atoms with E-state index in [2.05, 4.69) is 5.32 Å². The maximum atomic E-state index is 11.7. The molecule has 2 aromatic rings. The van der Waals surface area contributed by atoms with Crippen molar-refractivity contribution in [2.75, 3.05) is 11.9 Å². The zero-order valence-electron chi connectivity index (χ0n) is 11.6. The summed E-state index contributed by atoms with van der Waals surface area (Å²) in [5.74, 6) is -1.08. The van der Waals surface area contributed by atoms with Crippen LogP contribution in [0, 0.1) is 17.0 Å². The quantitative estimate of drug-likeness (QED) is 0.519. The summed E-state index contributed by atoms with van der Waals surface area (Å²) in [4.78, 5) is 33.9. The van der Waals surface area contributed by atoms with Crippen molar-refractivity contribution in [1.82, 2.24) is 0 Å². The van der Waals surface area contributed by atoms with Crippen molar-refractivity contribution < 1.29 is 19.2 Å². The van der Waals surface area contributed by atoms with Crippen molar-refractivity contribution in [2.45, 2.75) is 6.92 Å². The largest absolute Gasteiger partial charge is 0.451 e. The molecule has 0 spiro atoms. The molecule has 1 amide bonds. The number of esters is 1. The fourth-order valence-corrected chi connectivity index (χ4v) is 2.30. The third-order valence-electron chi connectivity index (χ3n) is 2.75. The van der Waals surface area contributed by atoms with Gasteiger partial charge in [0.1, 0.15) is 4.88 Å². The van der Waals surface area contributed by atoms with Crippen LogP contribution in [0.2, 0.25) is 0 Å². The number of nitro groups is 1. The molecule has 0 saturated carbocycles. The first-order valence-electron chi connectivity index (χ1n) is 6.23. The molecule has 0 fully saturated rings. The van der Waals surface area contributed by atoms with Gasteiger partial charge in [-0.1, -0.05) is 6.07 Å². The molecule has 1 aromatic heterocycles. The van der Waals surface area contributed by atoms with E-state index in [1.165, 1.54) is 29.5 Å². The molecule has 0 atom stereocenters. The van der Waals surface area contributed by atoms with E-state index in [9.17, 15) is 19.7 Å². The standard InChI is InChI=1S/C14H12N2O5S/c1-9-7-10(16(19)20)4-5-11(9)15-13(17)8-21-14(18)12-3-2-6-22-12/h2-7H,8H2,1H3,(H,15,17). The summed E-state index contributed by atoms with van der Waals surface area (Å²) >= 11 is 1.22. The van der Waals surface area contributed by atoms with E-state index in [4.69, 9.17) is 4.74 Å². The molecule has 0 unspecified atom stereocenters. The van der Waals surface area contributed by atoms with Crippen molar-refractivity contribution in [3.8, 4) is 0 Å². The number of benzene rings is 1. The molecule has 0 radical (unpaired) electrons. The van der Waals surface area contributed by atoms with Gasteiger partial charge < -0.3 is 10.1 Å². The van der Waals surface area contributed by atoms with Gasteiger partial charge in [-0.05, 0) is 30.0 Å². The molecular formula is C14H12N2O5S. The first kappa shape index (κ1) is 15.6. The van der Waals surface area contributed by atoms with Gasteiger partial charge in [-0.25, -0.2) is 4.79 Å². The van der Waals surface area contributed by atoms with E-state index in [-0.39, 0.29) is 5.69 Å². The van der Waals surface area contributed by atoms with Crippen LogP contribution in [-0.2, 0) is 9.53 Å². The molecule has 0 saturated heterocycles. The third-order valence-corrected chi connectivity index (χ3v) is 3.60. The molecule has 0 aliphatic heterocycles. The number of thiophene rings is 1. The smallest absolute Gasteiger partial charge is 0.348 e. The number of non-ortho nitro benzene ring substituents is 1. The number of carbonyl (C=O) groups is 2. The van der Waals surface area contributed by atoms with Crippen LogP contribution < -0.4 is 5.32 Å². The normalized spacial score (nSPS) is 10.0. The topological polar surface area (TPSA) is 98.5 Å². The summed E-state index contributed by atoms with van der Waals surface area (Å²) in [7, 11) is 0.